The lowest BCUT2D eigenvalue weighted by Crippen LogP contribution is -2.46. The van der Waals surface area contributed by atoms with Crippen molar-refractivity contribution in [1.82, 2.24) is 16.1 Å². The Labute approximate surface area is 88.5 Å². The summed E-state index contributed by atoms with van der Waals surface area (Å²) in [7, 11) is 0. The lowest BCUT2D eigenvalue weighted by Gasteiger charge is -2.10. The Morgan fingerprint density at radius 3 is 2.75 bits per heavy atom. The molecule has 16 heavy (non-hydrogen) atoms. The molecule has 0 bridgehead atoms. The van der Waals surface area contributed by atoms with Crippen LogP contribution in [0.1, 0.15) is 0 Å². The molecule has 0 unspecified atom stereocenters. The van der Waals surface area contributed by atoms with Crippen molar-refractivity contribution in [3.8, 4) is 0 Å². The molecular formula is C7H10F3N3O3. The number of carbonyl (C=O) groups is 2. The number of hydroxylamine groups is 1. The summed E-state index contributed by atoms with van der Waals surface area (Å²) in [5, 5.41) is 4.11. The second-order valence-corrected chi connectivity index (χ2v) is 3.12. The summed E-state index contributed by atoms with van der Waals surface area (Å²) >= 11 is 0. The molecule has 0 aromatic rings. The van der Waals surface area contributed by atoms with Gasteiger partial charge in [-0.1, -0.05) is 0 Å². The third-order valence-corrected chi connectivity index (χ3v) is 1.69. The van der Waals surface area contributed by atoms with Gasteiger partial charge in [-0.15, -0.1) is 0 Å². The Balaban J connectivity index is 2.18. The van der Waals surface area contributed by atoms with Gasteiger partial charge in [-0.05, 0) is 0 Å². The monoisotopic (exact) mass is 241 g/mol. The molecule has 0 aliphatic carbocycles. The topological polar surface area (TPSA) is 79.5 Å². The minimum Gasteiger partial charge on any atom is -0.341 e. The summed E-state index contributed by atoms with van der Waals surface area (Å²) in [5.74, 6) is -1.22. The normalized spacial score (nSPS) is 20.7. The van der Waals surface area contributed by atoms with Crippen LogP contribution in [0.2, 0.25) is 0 Å². The highest BCUT2D eigenvalue weighted by molar-refractivity contribution is 5.88. The fraction of sp³-hybridized carbons (Fsp3) is 0.714. The van der Waals surface area contributed by atoms with Crippen LogP contribution in [-0.4, -0.2) is 43.7 Å². The second kappa shape index (κ2) is 5.12. The van der Waals surface area contributed by atoms with Crippen LogP contribution in [0.4, 0.5) is 13.2 Å². The van der Waals surface area contributed by atoms with Gasteiger partial charge in [0.25, 0.3) is 5.91 Å². The van der Waals surface area contributed by atoms with E-state index in [9.17, 15) is 22.8 Å². The van der Waals surface area contributed by atoms with Gasteiger partial charge in [0.1, 0.15) is 12.6 Å². The Morgan fingerprint density at radius 1 is 1.56 bits per heavy atom. The van der Waals surface area contributed by atoms with Crippen molar-refractivity contribution in [1.29, 1.82) is 0 Å². The molecule has 1 aliphatic heterocycles. The molecule has 1 rings (SSSR count). The van der Waals surface area contributed by atoms with Crippen molar-refractivity contribution in [3.63, 3.8) is 0 Å². The largest absolute Gasteiger partial charge is 0.401 e. The van der Waals surface area contributed by atoms with Crippen LogP contribution >= 0.6 is 0 Å². The highest BCUT2D eigenvalue weighted by Gasteiger charge is 2.28. The van der Waals surface area contributed by atoms with Crippen LogP contribution in [-0.2, 0) is 14.4 Å². The minimum absolute atomic E-state index is 0.0379. The van der Waals surface area contributed by atoms with Crippen LogP contribution < -0.4 is 16.1 Å². The van der Waals surface area contributed by atoms with Crippen molar-refractivity contribution >= 4 is 11.8 Å². The van der Waals surface area contributed by atoms with Crippen molar-refractivity contribution in [2.24, 2.45) is 0 Å². The zero-order valence-corrected chi connectivity index (χ0v) is 8.06. The van der Waals surface area contributed by atoms with Gasteiger partial charge in [-0.2, -0.15) is 13.2 Å². The first-order valence-electron chi connectivity index (χ1n) is 4.37. The lowest BCUT2D eigenvalue weighted by molar-refractivity contribution is -0.131. The Morgan fingerprint density at radius 2 is 2.25 bits per heavy atom. The first-order valence-corrected chi connectivity index (χ1v) is 4.37. The number of hydrogen-bond acceptors (Lipinski definition) is 4. The molecule has 1 heterocycles. The maximum Gasteiger partial charge on any atom is 0.401 e. The van der Waals surface area contributed by atoms with Crippen LogP contribution in [0.3, 0.4) is 0 Å². The molecule has 1 atom stereocenters. The zero-order valence-electron chi connectivity index (χ0n) is 8.06. The number of carbonyl (C=O) groups excluding carboxylic acids is 2. The van der Waals surface area contributed by atoms with Crippen LogP contribution in [0.25, 0.3) is 0 Å². The van der Waals surface area contributed by atoms with E-state index >= 15 is 0 Å². The Bertz CT molecular complexity index is 282. The first kappa shape index (κ1) is 12.7. The van der Waals surface area contributed by atoms with E-state index in [-0.39, 0.29) is 6.61 Å². The Kier molecular flexibility index (Phi) is 4.07. The average molecular weight is 241 g/mol. The standard InChI is InChI=1S/C7H10F3N3O3/c8-7(9,10)3-11-1-5(14)12-4-2-16-13-6(4)15/h4,11H,1-3H2,(H,12,14)(H,13,15)/t4-/m1/s1. The van der Waals surface area contributed by atoms with E-state index in [4.69, 9.17) is 0 Å². The Hall–Kier alpha value is -1.35. The van der Waals surface area contributed by atoms with E-state index in [1.165, 1.54) is 0 Å². The van der Waals surface area contributed by atoms with E-state index in [1.54, 1.807) is 0 Å². The van der Waals surface area contributed by atoms with E-state index in [0.717, 1.165) is 0 Å². The fourth-order valence-corrected chi connectivity index (χ4v) is 1.01. The minimum atomic E-state index is -4.37. The zero-order chi connectivity index (χ0) is 12.2. The van der Waals surface area contributed by atoms with E-state index in [1.807, 2.05) is 10.8 Å². The van der Waals surface area contributed by atoms with Gasteiger partial charge in [-0.25, -0.2) is 5.48 Å². The number of rotatable bonds is 4. The maximum atomic E-state index is 11.7. The van der Waals surface area contributed by atoms with Gasteiger partial charge in [-0.3, -0.25) is 14.4 Å². The molecule has 9 heteroatoms. The van der Waals surface area contributed by atoms with Crippen LogP contribution in [0.5, 0.6) is 0 Å². The molecule has 1 fully saturated rings. The highest BCUT2D eigenvalue weighted by atomic mass is 19.4. The van der Waals surface area contributed by atoms with Gasteiger partial charge in [0.15, 0.2) is 0 Å². The molecule has 2 amide bonds. The van der Waals surface area contributed by atoms with Gasteiger partial charge < -0.3 is 10.6 Å². The average Bonchev–Trinajstić information content (AvgIpc) is 2.49. The van der Waals surface area contributed by atoms with Gasteiger partial charge in [0.2, 0.25) is 5.91 Å². The third kappa shape index (κ3) is 4.45. The summed E-state index contributed by atoms with van der Waals surface area (Å²) in [6, 6.07) is -0.847. The quantitative estimate of drug-likeness (QED) is 0.570. The van der Waals surface area contributed by atoms with Gasteiger partial charge in [0, 0.05) is 0 Å². The second-order valence-electron chi connectivity index (χ2n) is 3.12. The molecule has 92 valence electrons. The molecule has 1 aliphatic rings. The number of hydrogen-bond donors (Lipinski definition) is 3. The van der Waals surface area contributed by atoms with Gasteiger partial charge >= 0.3 is 6.18 Å². The van der Waals surface area contributed by atoms with Crippen LogP contribution in [0, 0.1) is 0 Å². The molecule has 6 nitrogen and oxygen atoms in total. The van der Waals surface area contributed by atoms with Gasteiger partial charge in [0.05, 0.1) is 13.1 Å². The molecule has 0 radical (unpaired) electrons. The predicted octanol–water partition coefficient (Wildman–Crippen LogP) is -1.32. The molecule has 1 saturated heterocycles. The summed E-state index contributed by atoms with van der Waals surface area (Å²) in [6.07, 6.45) is -4.37. The molecule has 0 spiro atoms. The van der Waals surface area contributed by atoms with E-state index in [0.29, 0.717) is 0 Å². The third-order valence-electron chi connectivity index (χ3n) is 1.69. The van der Waals surface area contributed by atoms with Crippen LogP contribution in [0.15, 0.2) is 0 Å². The lowest BCUT2D eigenvalue weighted by atomic mass is 10.3. The number of nitrogens with one attached hydrogen (secondary N) is 3. The first-order chi connectivity index (χ1) is 7.38. The SMILES string of the molecule is O=C(CNCC(F)(F)F)N[C@@H]1CONC1=O. The number of alkyl halides is 3. The van der Waals surface area contributed by atoms with E-state index < -0.39 is 37.1 Å². The highest BCUT2D eigenvalue weighted by Crippen LogP contribution is 2.11. The van der Waals surface area contributed by atoms with Crippen molar-refractivity contribution in [2.75, 3.05) is 19.7 Å². The molecular weight excluding hydrogens is 231 g/mol. The fourth-order valence-electron chi connectivity index (χ4n) is 1.01. The number of amides is 2. The van der Waals surface area contributed by atoms with E-state index in [2.05, 4.69) is 10.2 Å². The summed E-state index contributed by atoms with van der Waals surface area (Å²) in [5.41, 5.74) is 2.00. The maximum absolute atomic E-state index is 11.7. The van der Waals surface area contributed by atoms with Crippen molar-refractivity contribution in [3.05, 3.63) is 0 Å². The van der Waals surface area contributed by atoms with Crippen molar-refractivity contribution < 1.29 is 27.6 Å². The van der Waals surface area contributed by atoms with Crippen molar-refractivity contribution in [2.45, 2.75) is 12.2 Å². The molecule has 3 N–H and O–H groups in total. The summed E-state index contributed by atoms with van der Waals surface area (Å²) < 4.78 is 35.1. The summed E-state index contributed by atoms with van der Waals surface area (Å²) in [4.78, 5) is 26.5. The predicted molar refractivity (Wildman–Crippen MR) is 45.0 cm³/mol. The molecule has 0 saturated carbocycles. The molecule has 0 aromatic heterocycles. The molecule has 0 aromatic carbocycles. The summed E-state index contributed by atoms with van der Waals surface area (Å²) in [6.45, 7) is -1.80. The smallest absolute Gasteiger partial charge is 0.341 e. The number of halogens is 3.